The van der Waals surface area contributed by atoms with Crippen molar-refractivity contribution in [1.29, 1.82) is 0 Å². The lowest BCUT2D eigenvalue weighted by Crippen LogP contribution is -2.47. The van der Waals surface area contributed by atoms with E-state index in [9.17, 15) is 0 Å². The van der Waals surface area contributed by atoms with Gasteiger partial charge in [0.25, 0.3) is 0 Å². The van der Waals surface area contributed by atoms with Gasteiger partial charge >= 0.3 is 6.67 Å². The SMILES string of the molecule is [C-]#[N+]c1cc(C)c2c(c1)N=[N+](c1ccccc1)C[N+]2(C)C. The Labute approximate surface area is 125 Å². The van der Waals surface area contributed by atoms with Crippen molar-refractivity contribution in [2.75, 3.05) is 20.8 Å². The summed E-state index contributed by atoms with van der Waals surface area (Å²) >= 11 is 0. The van der Waals surface area contributed by atoms with Crippen molar-refractivity contribution in [3.63, 3.8) is 0 Å². The molecule has 0 atom stereocenters. The van der Waals surface area contributed by atoms with Crippen LogP contribution in [-0.2, 0) is 0 Å². The molecule has 4 heteroatoms. The number of hydrogen-bond acceptors (Lipinski definition) is 1. The predicted molar refractivity (Wildman–Crippen MR) is 84.4 cm³/mol. The maximum Gasteiger partial charge on any atom is 0.306 e. The highest BCUT2D eigenvalue weighted by molar-refractivity contribution is 5.74. The second-order valence-corrected chi connectivity index (χ2v) is 5.90. The minimum atomic E-state index is 0.643. The Kier molecular flexibility index (Phi) is 3.08. The Morgan fingerprint density at radius 3 is 2.57 bits per heavy atom. The van der Waals surface area contributed by atoms with E-state index in [1.165, 1.54) is 5.69 Å². The molecule has 0 N–H and O–H groups in total. The second-order valence-electron chi connectivity index (χ2n) is 5.90. The summed E-state index contributed by atoms with van der Waals surface area (Å²) in [5, 5.41) is 4.76. The van der Waals surface area contributed by atoms with Crippen molar-refractivity contribution in [3.05, 3.63) is 59.4 Å². The van der Waals surface area contributed by atoms with Gasteiger partial charge in [-0.15, -0.1) is 0 Å². The van der Waals surface area contributed by atoms with Gasteiger partial charge in [-0.05, 0) is 23.8 Å². The zero-order valence-electron chi connectivity index (χ0n) is 12.5. The van der Waals surface area contributed by atoms with Crippen molar-refractivity contribution in [1.82, 2.24) is 4.48 Å². The molecule has 0 unspecified atom stereocenters. The van der Waals surface area contributed by atoms with E-state index in [1.54, 1.807) is 0 Å². The highest BCUT2D eigenvalue weighted by Gasteiger charge is 2.37. The van der Waals surface area contributed by atoms with Crippen LogP contribution in [0.5, 0.6) is 0 Å². The highest BCUT2D eigenvalue weighted by Crippen LogP contribution is 2.42. The monoisotopic (exact) mass is 278 g/mol. The second kappa shape index (κ2) is 4.80. The molecule has 0 saturated carbocycles. The average molecular weight is 278 g/mol. The number of aryl methyl sites for hydroxylation is 1. The van der Waals surface area contributed by atoms with Crippen molar-refractivity contribution < 1.29 is 4.70 Å². The number of azo groups is 2. The van der Waals surface area contributed by atoms with Crippen LogP contribution in [0.2, 0.25) is 0 Å². The number of quaternary nitrogens is 1. The molecule has 1 aliphatic heterocycles. The van der Waals surface area contributed by atoms with Crippen molar-refractivity contribution in [2.45, 2.75) is 6.92 Å². The summed E-state index contributed by atoms with van der Waals surface area (Å²) in [4.78, 5) is 3.55. The maximum atomic E-state index is 7.24. The van der Waals surface area contributed by atoms with Gasteiger partial charge < -0.3 is 0 Å². The fraction of sp³-hybridized carbons (Fsp3) is 0.235. The van der Waals surface area contributed by atoms with Crippen molar-refractivity contribution in [3.8, 4) is 0 Å². The van der Waals surface area contributed by atoms with Crippen LogP contribution in [0.25, 0.3) is 4.85 Å². The largest absolute Gasteiger partial charge is 0.306 e. The topological polar surface area (TPSA) is 19.7 Å². The third kappa shape index (κ3) is 2.32. The maximum absolute atomic E-state index is 7.24. The van der Waals surface area contributed by atoms with Gasteiger partial charge in [-0.1, -0.05) is 18.2 Å². The standard InChI is InChI=1S/C17H18N4/c1-13-10-14(18-2)11-16-17(13)21(3,4)12-20(19-16)15-8-6-5-7-9-15/h5-11H,12H2,1,3-4H3/q+2. The Morgan fingerprint density at radius 1 is 1.19 bits per heavy atom. The first-order valence-corrected chi connectivity index (χ1v) is 6.91. The summed E-state index contributed by atoms with van der Waals surface area (Å²) in [7, 11) is 4.35. The van der Waals surface area contributed by atoms with E-state index >= 15 is 0 Å². The molecule has 0 radical (unpaired) electrons. The molecule has 0 fully saturated rings. The molecule has 2 aromatic rings. The van der Waals surface area contributed by atoms with Gasteiger partial charge in [-0.3, -0.25) is 0 Å². The molecule has 0 saturated heterocycles. The first kappa shape index (κ1) is 13.5. The lowest BCUT2D eigenvalue weighted by molar-refractivity contribution is -0.529. The number of benzene rings is 2. The van der Waals surface area contributed by atoms with Gasteiger partial charge in [0.05, 0.1) is 20.7 Å². The lowest BCUT2D eigenvalue weighted by atomic mass is 10.1. The Balaban J connectivity index is 2.22. The van der Waals surface area contributed by atoms with Gasteiger partial charge in [0.1, 0.15) is 0 Å². The quantitative estimate of drug-likeness (QED) is 0.415. The van der Waals surface area contributed by atoms with E-state index in [0.29, 0.717) is 5.69 Å². The van der Waals surface area contributed by atoms with Gasteiger partial charge in [0, 0.05) is 22.8 Å². The lowest BCUT2D eigenvalue weighted by Gasteiger charge is -2.30. The van der Waals surface area contributed by atoms with Gasteiger partial charge in [-0.25, -0.2) is 9.33 Å². The van der Waals surface area contributed by atoms with Gasteiger partial charge in [0.2, 0.25) is 5.69 Å². The van der Waals surface area contributed by atoms with E-state index < -0.39 is 0 Å². The Morgan fingerprint density at radius 2 is 1.90 bits per heavy atom. The van der Waals surface area contributed by atoms with E-state index in [0.717, 1.165) is 28.1 Å². The molecule has 1 aliphatic rings. The third-order valence-electron chi connectivity index (χ3n) is 3.77. The Bertz CT molecular complexity index is 767. The molecule has 0 spiro atoms. The van der Waals surface area contributed by atoms with Gasteiger partial charge in [0.15, 0.2) is 17.1 Å². The van der Waals surface area contributed by atoms with E-state index in [1.807, 2.05) is 35.0 Å². The first-order chi connectivity index (χ1) is 10.0. The molecule has 2 aromatic carbocycles. The fourth-order valence-electron chi connectivity index (χ4n) is 2.98. The minimum absolute atomic E-state index is 0.643. The number of para-hydroxylation sites is 1. The molecule has 0 bridgehead atoms. The fourth-order valence-corrected chi connectivity index (χ4v) is 2.98. The predicted octanol–water partition coefficient (Wildman–Crippen LogP) is 4.51. The molecule has 4 nitrogen and oxygen atoms in total. The zero-order valence-corrected chi connectivity index (χ0v) is 12.5. The number of nitrogens with zero attached hydrogens (tertiary/aromatic N) is 4. The molecular weight excluding hydrogens is 260 g/mol. The molecule has 0 aromatic heterocycles. The van der Waals surface area contributed by atoms with Crippen LogP contribution in [0.4, 0.5) is 22.7 Å². The van der Waals surface area contributed by atoms with E-state index in [2.05, 4.69) is 38.0 Å². The van der Waals surface area contributed by atoms with Crippen molar-refractivity contribution in [2.24, 2.45) is 5.11 Å². The molecule has 1 heterocycles. The van der Waals surface area contributed by atoms with Crippen LogP contribution in [0.1, 0.15) is 5.56 Å². The van der Waals surface area contributed by atoms with Crippen LogP contribution in [-0.4, -0.2) is 25.5 Å². The molecule has 0 amide bonds. The number of hydrogen-bond donors (Lipinski definition) is 0. The molecular formula is C17H18N4+2. The number of fused-ring (bicyclic) bond motifs is 1. The first-order valence-electron chi connectivity index (χ1n) is 6.91. The molecule has 21 heavy (non-hydrogen) atoms. The normalized spacial score (nSPS) is 15.8. The molecule has 0 aliphatic carbocycles. The third-order valence-corrected chi connectivity index (χ3v) is 3.77. The summed E-state index contributed by atoms with van der Waals surface area (Å²) in [6, 6.07) is 14.0. The number of rotatable bonds is 1. The summed E-state index contributed by atoms with van der Waals surface area (Å²) in [6.45, 7) is 10.1. The smallest absolute Gasteiger partial charge is 0.238 e. The Hall–Kier alpha value is -2.51. The average Bonchev–Trinajstić information content (AvgIpc) is 2.46. The summed E-state index contributed by atoms with van der Waals surface area (Å²) < 4.78 is 2.73. The van der Waals surface area contributed by atoms with Crippen LogP contribution >= 0.6 is 0 Å². The van der Waals surface area contributed by atoms with Crippen LogP contribution < -0.4 is 4.48 Å². The van der Waals surface area contributed by atoms with E-state index in [4.69, 9.17) is 11.7 Å². The van der Waals surface area contributed by atoms with Gasteiger partial charge in [-0.2, -0.15) is 0 Å². The zero-order chi connectivity index (χ0) is 15.0. The van der Waals surface area contributed by atoms with E-state index in [-0.39, 0.29) is 0 Å². The van der Waals surface area contributed by atoms with Crippen LogP contribution in [0.3, 0.4) is 0 Å². The van der Waals surface area contributed by atoms with Crippen molar-refractivity contribution >= 4 is 22.7 Å². The summed E-state index contributed by atoms with van der Waals surface area (Å²) in [5.74, 6) is 0. The van der Waals surface area contributed by atoms with Crippen LogP contribution in [0.15, 0.2) is 47.6 Å². The molecule has 104 valence electrons. The summed E-state index contributed by atoms with van der Waals surface area (Å²) in [6.07, 6.45) is 0. The molecule has 3 rings (SSSR count). The highest BCUT2D eigenvalue weighted by atomic mass is 15.5. The minimum Gasteiger partial charge on any atom is -0.238 e. The van der Waals surface area contributed by atoms with Crippen LogP contribution in [0, 0.1) is 13.5 Å². The summed E-state index contributed by atoms with van der Waals surface area (Å²) in [5.41, 5.74) is 4.92.